The van der Waals surface area contributed by atoms with E-state index in [1.807, 2.05) is 50.2 Å². The highest BCUT2D eigenvalue weighted by atomic mass is 16.1. The summed E-state index contributed by atoms with van der Waals surface area (Å²) in [5.74, 6) is 0.00852. The number of likely N-dealkylation sites (N-methyl/N-ethyl adjacent to an activating group) is 1. The normalized spacial score (nSPS) is 15.9. The van der Waals surface area contributed by atoms with Crippen LogP contribution < -0.4 is 0 Å². The Kier molecular flexibility index (Phi) is 12.7. The molecule has 176 valence electrons. The van der Waals surface area contributed by atoms with Crippen molar-refractivity contribution in [2.45, 2.75) is 48.0 Å². The molecular formula is C30H39NO2. The largest absolute Gasteiger partial charge is 0.302 e. The van der Waals surface area contributed by atoms with Gasteiger partial charge in [-0.3, -0.25) is 9.59 Å². The Morgan fingerprint density at radius 3 is 1.33 bits per heavy atom. The minimum atomic E-state index is 0.00426. The standard InChI is InChI=1S/C12H15N.C10H12O2.C6H6.C2H6/c1-13-9-7-12(8-10-13)11-5-3-2-4-6-11;1-5-6(2)10(12)8(4)7(3)9(5)11;1-2-4-6-5-3-1;1-2/h2-7H,8-10H2,1H3;1-4H3;1-6H;1-2H3. The summed E-state index contributed by atoms with van der Waals surface area (Å²) in [6, 6.07) is 22.7. The van der Waals surface area contributed by atoms with Crippen molar-refractivity contribution in [2.24, 2.45) is 0 Å². The molecular weight excluding hydrogens is 406 g/mol. The molecule has 1 aliphatic heterocycles. The van der Waals surface area contributed by atoms with Crippen LogP contribution >= 0.6 is 0 Å². The predicted molar refractivity (Wildman–Crippen MR) is 141 cm³/mol. The number of carbonyl (C=O) groups excluding carboxylic acids is 2. The van der Waals surface area contributed by atoms with Gasteiger partial charge in [-0.2, -0.15) is 0 Å². The van der Waals surface area contributed by atoms with Crippen molar-refractivity contribution in [2.75, 3.05) is 20.1 Å². The van der Waals surface area contributed by atoms with Crippen molar-refractivity contribution < 1.29 is 9.59 Å². The summed E-state index contributed by atoms with van der Waals surface area (Å²) in [5, 5.41) is 0. The molecule has 0 saturated heterocycles. The topological polar surface area (TPSA) is 37.4 Å². The second-order valence-electron chi connectivity index (χ2n) is 7.92. The van der Waals surface area contributed by atoms with E-state index in [-0.39, 0.29) is 11.6 Å². The molecule has 2 aromatic carbocycles. The summed E-state index contributed by atoms with van der Waals surface area (Å²) in [4.78, 5) is 25.2. The number of carbonyl (C=O) groups is 2. The second kappa shape index (κ2) is 14.9. The summed E-state index contributed by atoms with van der Waals surface area (Å²) in [6.45, 7) is 13.1. The van der Waals surface area contributed by atoms with Crippen LogP contribution in [0.15, 0.2) is 95.1 Å². The van der Waals surface area contributed by atoms with Gasteiger partial charge in [-0.15, -0.1) is 0 Å². The molecule has 4 rings (SSSR count). The highest BCUT2D eigenvalue weighted by molar-refractivity contribution is 6.24. The Morgan fingerprint density at radius 1 is 0.636 bits per heavy atom. The average molecular weight is 446 g/mol. The molecule has 0 unspecified atom stereocenters. The van der Waals surface area contributed by atoms with E-state index in [4.69, 9.17) is 0 Å². The monoisotopic (exact) mass is 445 g/mol. The van der Waals surface area contributed by atoms with Gasteiger partial charge in [-0.05, 0) is 52.3 Å². The van der Waals surface area contributed by atoms with Gasteiger partial charge < -0.3 is 4.90 Å². The summed E-state index contributed by atoms with van der Waals surface area (Å²) < 4.78 is 0. The van der Waals surface area contributed by atoms with Crippen molar-refractivity contribution in [1.82, 2.24) is 4.90 Å². The maximum Gasteiger partial charge on any atom is 0.185 e. The number of hydrogen-bond acceptors (Lipinski definition) is 3. The van der Waals surface area contributed by atoms with Gasteiger partial charge in [0.15, 0.2) is 11.6 Å². The van der Waals surface area contributed by atoms with Gasteiger partial charge in [0.2, 0.25) is 0 Å². The highest BCUT2D eigenvalue weighted by Gasteiger charge is 2.24. The van der Waals surface area contributed by atoms with Crippen LogP contribution in [-0.2, 0) is 9.59 Å². The van der Waals surface area contributed by atoms with Gasteiger partial charge in [0.25, 0.3) is 0 Å². The maximum absolute atomic E-state index is 11.4. The minimum absolute atomic E-state index is 0.00426. The first-order valence-corrected chi connectivity index (χ1v) is 11.7. The molecule has 1 aliphatic carbocycles. The number of Topliss-reactive ketones (excluding diaryl/α,β-unsaturated/α-hetero) is 2. The lowest BCUT2D eigenvalue weighted by atomic mass is 9.87. The van der Waals surface area contributed by atoms with Gasteiger partial charge >= 0.3 is 0 Å². The Bertz CT molecular complexity index is 894. The lowest BCUT2D eigenvalue weighted by molar-refractivity contribution is -0.116. The third-order valence-electron chi connectivity index (χ3n) is 5.71. The highest BCUT2D eigenvalue weighted by Crippen LogP contribution is 2.23. The van der Waals surface area contributed by atoms with Gasteiger partial charge in [0.05, 0.1) is 0 Å². The molecule has 0 saturated carbocycles. The molecule has 0 atom stereocenters. The van der Waals surface area contributed by atoms with E-state index in [0.717, 1.165) is 6.54 Å². The number of hydrogen-bond donors (Lipinski definition) is 0. The van der Waals surface area contributed by atoms with E-state index in [1.54, 1.807) is 27.7 Å². The quantitative estimate of drug-likeness (QED) is 0.447. The van der Waals surface area contributed by atoms with Crippen molar-refractivity contribution in [3.8, 4) is 0 Å². The van der Waals surface area contributed by atoms with Crippen LogP contribution in [0.1, 0.15) is 53.5 Å². The first kappa shape index (κ1) is 28.0. The fourth-order valence-electron chi connectivity index (χ4n) is 3.31. The van der Waals surface area contributed by atoms with Crippen molar-refractivity contribution in [3.63, 3.8) is 0 Å². The Balaban J connectivity index is 0.000000252. The van der Waals surface area contributed by atoms with E-state index in [9.17, 15) is 9.59 Å². The zero-order valence-electron chi connectivity index (χ0n) is 21.3. The van der Waals surface area contributed by atoms with E-state index in [0.29, 0.717) is 22.3 Å². The minimum Gasteiger partial charge on any atom is -0.302 e. The molecule has 0 aromatic heterocycles. The second-order valence-corrected chi connectivity index (χ2v) is 7.92. The van der Waals surface area contributed by atoms with Crippen molar-refractivity contribution in [3.05, 3.63) is 101 Å². The lowest BCUT2D eigenvalue weighted by Crippen LogP contribution is -2.23. The number of nitrogens with zero attached hydrogens (tertiary/aromatic N) is 1. The van der Waals surface area contributed by atoms with Crippen molar-refractivity contribution in [1.29, 1.82) is 0 Å². The molecule has 0 bridgehead atoms. The fourth-order valence-corrected chi connectivity index (χ4v) is 3.31. The Labute approximate surface area is 200 Å². The molecule has 33 heavy (non-hydrogen) atoms. The summed E-state index contributed by atoms with van der Waals surface area (Å²) in [6.07, 6.45) is 3.51. The Hall–Kier alpha value is -3.04. The molecule has 0 N–H and O–H groups in total. The van der Waals surface area contributed by atoms with Crippen LogP contribution in [-0.4, -0.2) is 36.6 Å². The number of ketones is 2. The molecule has 2 aliphatic rings. The van der Waals surface area contributed by atoms with Crippen LogP contribution in [0.2, 0.25) is 0 Å². The summed E-state index contributed by atoms with van der Waals surface area (Å²) >= 11 is 0. The van der Waals surface area contributed by atoms with Gasteiger partial charge in [-0.1, -0.05) is 86.7 Å². The first-order chi connectivity index (χ1) is 15.8. The van der Waals surface area contributed by atoms with Crippen LogP contribution in [0.3, 0.4) is 0 Å². The molecule has 2 aromatic rings. The van der Waals surface area contributed by atoms with E-state index < -0.39 is 0 Å². The zero-order chi connectivity index (χ0) is 24.8. The van der Waals surface area contributed by atoms with Gasteiger partial charge in [-0.25, -0.2) is 0 Å². The average Bonchev–Trinajstić information content (AvgIpc) is 2.89. The molecule has 3 heteroatoms. The first-order valence-electron chi connectivity index (χ1n) is 11.7. The fraction of sp³-hybridized carbons (Fsp3) is 0.333. The van der Waals surface area contributed by atoms with Crippen molar-refractivity contribution >= 4 is 17.1 Å². The molecule has 0 spiro atoms. The number of benzene rings is 2. The van der Waals surface area contributed by atoms with Crippen LogP contribution in [0.5, 0.6) is 0 Å². The third-order valence-corrected chi connectivity index (χ3v) is 5.71. The van der Waals surface area contributed by atoms with Crippen LogP contribution in [0.4, 0.5) is 0 Å². The van der Waals surface area contributed by atoms with Crippen LogP contribution in [0.25, 0.3) is 5.57 Å². The number of rotatable bonds is 1. The smallest absolute Gasteiger partial charge is 0.185 e. The molecule has 0 fully saturated rings. The zero-order valence-corrected chi connectivity index (χ0v) is 21.3. The Morgan fingerprint density at radius 2 is 1.00 bits per heavy atom. The van der Waals surface area contributed by atoms with E-state index >= 15 is 0 Å². The van der Waals surface area contributed by atoms with Gasteiger partial charge in [0, 0.05) is 35.4 Å². The van der Waals surface area contributed by atoms with E-state index in [1.165, 1.54) is 24.1 Å². The molecule has 0 radical (unpaired) electrons. The van der Waals surface area contributed by atoms with Gasteiger partial charge in [0.1, 0.15) is 0 Å². The van der Waals surface area contributed by atoms with E-state index in [2.05, 4.69) is 48.4 Å². The lowest BCUT2D eigenvalue weighted by Gasteiger charge is -2.21. The number of allylic oxidation sites excluding steroid dienone is 4. The SMILES string of the molecule is CC.CC1=C(C)C(=O)C(C)=C(C)C1=O.CN1CC=C(c2ccccc2)CC1.c1ccccc1. The van der Waals surface area contributed by atoms with Crippen LogP contribution in [0, 0.1) is 0 Å². The maximum atomic E-state index is 11.4. The predicted octanol–water partition coefficient (Wildman–Crippen LogP) is 6.93. The summed E-state index contributed by atoms with van der Waals surface area (Å²) in [5.41, 5.74) is 5.23. The molecule has 3 nitrogen and oxygen atoms in total. The molecule has 1 heterocycles. The molecule has 0 amide bonds. The summed E-state index contributed by atoms with van der Waals surface area (Å²) in [7, 11) is 2.16. The third kappa shape index (κ3) is 8.78.